The van der Waals surface area contributed by atoms with E-state index >= 15 is 0 Å². The highest BCUT2D eigenvalue weighted by molar-refractivity contribution is 9.10. The van der Waals surface area contributed by atoms with Gasteiger partial charge in [0.2, 0.25) is 11.8 Å². The summed E-state index contributed by atoms with van der Waals surface area (Å²) in [4.78, 5) is 55.1. The van der Waals surface area contributed by atoms with Crippen LogP contribution in [0.25, 0.3) is 22.0 Å². The molecule has 2 amide bonds. The average Bonchev–Trinajstić information content (AvgIpc) is 3.44. The van der Waals surface area contributed by atoms with Gasteiger partial charge in [-0.2, -0.15) is 10.4 Å². The smallest absolute Gasteiger partial charge is 0.248 e. The molecule has 1 N–H and O–H groups in total. The Kier molecular flexibility index (Phi) is 7.37. The molecule has 44 heavy (non-hydrogen) atoms. The van der Waals surface area contributed by atoms with Gasteiger partial charge in [-0.3, -0.25) is 19.1 Å². The van der Waals surface area contributed by atoms with Crippen molar-refractivity contribution in [2.75, 3.05) is 5.32 Å². The van der Waals surface area contributed by atoms with Crippen LogP contribution in [0, 0.1) is 37.5 Å². The van der Waals surface area contributed by atoms with Gasteiger partial charge >= 0.3 is 0 Å². The summed E-state index contributed by atoms with van der Waals surface area (Å²) in [5.41, 5.74) is 3.52. The highest BCUT2D eigenvalue weighted by atomic mass is 79.9. The number of nitriles is 1. The Bertz CT molecular complexity index is 1930. The zero-order valence-corrected chi connectivity index (χ0v) is 26.2. The minimum absolute atomic E-state index is 0.180. The zero-order chi connectivity index (χ0) is 31.3. The number of benzene rings is 1. The second kappa shape index (κ2) is 11.1. The number of aryl methyl sites for hydroxylation is 3. The van der Waals surface area contributed by atoms with E-state index in [2.05, 4.69) is 47.4 Å². The maximum absolute atomic E-state index is 14.1. The number of likely N-dealkylation sites (tertiary alicyclic amines) is 1. The lowest BCUT2D eigenvalue weighted by Crippen LogP contribution is -2.51. The number of carbonyl (C=O) groups excluding carboxylic acids is 3. The molecule has 0 unspecified atom stereocenters. The number of halogens is 1. The Labute approximate surface area is 262 Å². The van der Waals surface area contributed by atoms with Gasteiger partial charge in [0.25, 0.3) is 0 Å². The molecular weight excluding hydrogens is 624 g/mol. The number of nitrogens with one attached hydrogen (secondary N) is 1. The fraction of sp³-hybridized carbons (Fsp3) is 0.312. The second-order valence-electron chi connectivity index (χ2n) is 11.5. The predicted molar refractivity (Wildman–Crippen MR) is 166 cm³/mol. The van der Waals surface area contributed by atoms with Crippen LogP contribution >= 0.6 is 15.9 Å². The lowest BCUT2D eigenvalue weighted by atomic mass is 9.69. The van der Waals surface area contributed by atoms with Crippen LogP contribution in [-0.4, -0.2) is 59.3 Å². The van der Waals surface area contributed by atoms with Gasteiger partial charge in [0, 0.05) is 42.1 Å². The van der Waals surface area contributed by atoms with E-state index in [1.54, 1.807) is 28.0 Å². The first kappa shape index (κ1) is 29.3. The SMILES string of the molecule is CC(=O)c1nn(CC(=O)N2[C@H](C(=O)Nc3nc(Br)ccc3C)C[C@@]3(CC#N)C=C[C@@H]23)c2c(C)cc(-c3cnc(C)nc3)cc12. The molecule has 1 fully saturated rings. The molecule has 0 saturated carbocycles. The Morgan fingerprint density at radius 1 is 1.11 bits per heavy atom. The molecule has 0 bridgehead atoms. The summed E-state index contributed by atoms with van der Waals surface area (Å²) < 4.78 is 2.11. The zero-order valence-electron chi connectivity index (χ0n) is 24.6. The summed E-state index contributed by atoms with van der Waals surface area (Å²) in [7, 11) is 0. The van der Waals surface area contributed by atoms with Crippen molar-refractivity contribution in [2.45, 2.75) is 59.2 Å². The molecule has 0 radical (unpaired) electrons. The number of amides is 2. The number of Topliss-reactive ketones (excluding diaryl/α,β-unsaturated/α-hetero) is 1. The number of carbonyl (C=O) groups is 3. The minimum atomic E-state index is -0.834. The van der Waals surface area contributed by atoms with E-state index < -0.39 is 17.5 Å². The fourth-order valence-electron chi connectivity index (χ4n) is 6.25. The summed E-state index contributed by atoms with van der Waals surface area (Å²) in [5.74, 6) is 0.0972. The normalized spacial score (nSPS) is 20.2. The van der Waals surface area contributed by atoms with Gasteiger partial charge in [0.1, 0.15) is 34.5 Å². The van der Waals surface area contributed by atoms with Crippen LogP contribution < -0.4 is 5.32 Å². The Hall–Kier alpha value is -4.76. The molecule has 1 aromatic carbocycles. The summed E-state index contributed by atoms with van der Waals surface area (Å²) in [6, 6.07) is 8.43. The molecule has 0 spiro atoms. The standard InChI is InChI=1S/C32H29BrN8O3/c1-17-5-6-26(33)37-30(17)38-31(44)24-13-32(9-10-34)8-7-25(32)41(24)27(43)16-40-29-18(2)11-21(22-14-35-20(4)36-15-22)12-23(29)28(39-40)19(3)42/h5-8,11-12,14-15,24-25H,9,13,16H2,1-4H3,(H,37,38,44)/t24-,25+,32-/m0/s1. The fourth-order valence-corrected chi connectivity index (χ4v) is 6.56. The molecule has 4 heterocycles. The molecule has 11 nitrogen and oxygen atoms in total. The van der Waals surface area contributed by atoms with Gasteiger partial charge in [-0.1, -0.05) is 18.2 Å². The van der Waals surface area contributed by atoms with Crippen molar-refractivity contribution in [3.63, 3.8) is 0 Å². The minimum Gasteiger partial charge on any atom is -0.322 e. The van der Waals surface area contributed by atoms with E-state index in [0.717, 1.165) is 22.3 Å². The number of rotatable bonds is 7. The van der Waals surface area contributed by atoms with Crippen molar-refractivity contribution in [1.29, 1.82) is 5.26 Å². The highest BCUT2D eigenvalue weighted by Gasteiger charge is 2.57. The average molecular weight is 654 g/mol. The molecule has 1 saturated heterocycles. The lowest BCUT2D eigenvalue weighted by Gasteiger charge is -2.39. The predicted octanol–water partition coefficient (Wildman–Crippen LogP) is 4.86. The van der Waals surface area contributed by atoms with E-state index in [0.29, 0.717) is 33.6 Å². The first-order valence-electron chi connectivity index (χ1n) is 14.1. The Morgan fingerprint density at radius 2 is 1.86 bits per heavy atom. The number of anilines is 1. The van der Waals surface area contributed by atoms with Gasteiger partial charge in [-0.25, -0.2) is 15.0 Å². The first-order valence-corrected chi connectivity index (χ1v) is 14.9. The summed E-state index contributed by atoms with van der Waals surface area (Å²) in [6.07, 6.45) is 7.75. The van der Waals surface area contributed by atoms with Crippen LogP contribution in [0.4, 0.5) is 5.82 Å². The highest BCUT2D eigenvalue weighted by Crippen LogP contribution is 2.51. The molecule has 2 aliphatic rings. The van der Waals surface area contributed by atoms with Crippen molar-refractivity contribution in [3.8, 4) is 17.2 Å². The quantitative estimate of drug-likeness (QED) is 0.169. The number of aromatic nitrogens is 5. The Balaban J connectivity index is 1.36. The number of pyridine rings is 1. The van der Waals surface area contributed by atoms with E-state index in [9.17, 15) is 19.6 Å². The molecule has 1 aliphatic heterocycles. The van der Waals surface area contributed by atoms with Crippen LogP contribution in [0.2, 0.25) is 0 Å². The molecule has 1 aliphatic carbocycles. The van der Waals surface area contributed by atoms with Crippen molar-refractivity contribution in [1.82, 2.24) is 29.6 Å². The number of ketones is 1. The van der Waals surface area contributed by atoms with E-state index in [1.807, 2.05) is 51.1 Å². The largest absolute Gasteiger partial charge is 0.322 e. The molecule has 3 atom stereocenters. The molecule has 6 rings (SSSR count). The lowest BCUT2D eigenvalue weighted by molar-refractivity contribution is -0.139. The topological polar surface area (TPSA) is 147 Å². The molecule has 4 aromatic rings. The summed E-state index contributed by atoms with van der Waals surface area (Å²) in [5, 5.41) is 17.7. The van der Waals surface area contributed by atoms with Crippen LogP contribution in [0.3, 0.4) is 0 Å². The van der Waals surface area contributed by atoms with Gasteiger partial charge in [0.15, 0.2) is 5.78 Å². The number of hydrogen-bond donors (Lipinski definition) is 1. The van der Waals surface area contributed by atoms with Crippen LogP contribution in [-0.2, 0) is 16.1 Å². The third-order valence-corrected chi connectivity index (χ3v) is 8.92. The summed E-state index contributed by atoms with van der Waals surface area (Å²) in [6.45, 7) is 6.80. The van der Waals surface area contributed by atoms with Crippen molar-refractivity contribution in [3.05, 3.63) is 76.1 Å². The number of hydrogen-bond acceptors (Lipinski definition) is 8. The third kappa shape index (κ3) is 4.97. The van der Waals surface area contributed by atoms with E-state index in [4.69, 9.17) is 0 Å². The van der Waals surface area contributed by atoms with Crippen molar-refractivity contribution >= 4 is 50.2 Å². The van der Waals surface area contributed by atoms with Gasteiger partial charge in [0.05, 0.1) is 17.6 Å². The van der Waals surface area contributed by atoms with Gasteiger partial charge < -0.3 is 10.2 Å². The van der Waals surface area contributed by atoms with Crippen LogP contribution in [0.15, 0.2) is 53.4 Å². The molecule has 12 heteroatoms. The number of fused-ring (bicyclic) bond motifs is 2. The van der Waals surface area contributed by atoms with Crippen molar-refractivity contribution < 1.29 is 14.4 Å². The van der Waals surface area contributed by atoms with Crippen LogP contribution in [0.1, 0.15) is 47.2 Å². The second-order valence-corrected chi connectivity index (χ2v) is 12.3. The molecular formula is C32H29BrN8O3. The Morgan fingerprint density at radius 3 is 2.52 bits per heavy atom. The van der Waals surface area contributed by atoms with Gasteiger partial charge in [-0.15, -0.1) is 0 Å². The van der Waals surface area contributed by atoms with E-state index in [-0.39, 0.29) is 36.3 Å². The number of nitrogens with zero attached hydrogens (tertiary/aromatic N) is 7. The maximum Gasteiger partial charge on any atom is 0.248 e. The summed E-state index contributed by atoms with van der Waals surface area (Å²) >= 11 is 3.35. The van der Waals surface area contributed by atoms with E-state index in [1.165, 1.54) is 6.92 Å². The monoisotopic (exact) mass is 652 g/mol. The van der Waals surface area contributed by atoms with Gasteiger partial charge in [-0.05, 0) is 78.0 Å². The van der Waals surface area contributed by atoms with Crippen molar-refractivity contribution in [2.24, 2.45) is 5.41 Å². The third-order valence-electron chi connectivity index (χ3n) is 8.48. The molecule has 222 valence electrons. The maximum atomic E-state index is 14.1. The van der Waals surface area contributed by atoms with Crippen LogP contribution in [0.5, 0.6) is 0 Å². The first-order chi connectivity index (χ1) is 21.0. The molecule has 3 aromatic heterocycles.